The van der Waals surface area contributed by atoms with Crippen molar-refractivity contribution >= 4 is 40.0 Å². The Labute approximate surface area is 177 Å². The van der Waals surface area contributed by atoms with Crippen LogP contribution in [0.5, 0.6) is 5.75 Å². The first kappa shape index (κ1) is 20.1. The van der Waals surface area contributed by atoms with E-state index in [1.807, 2.05) is 12.1 Å². The van der Waals surface area contributed by atoms with Crippen molar-refractivity contribution in [3.63, 3.8) is 0 Å². The van der Waals surface area contributed by atoms with Crippen LogP contribution in [0.25, 0.3) is 11.2 Å². The van der Waals surface area contributed by atoms with Crippen LogP contribution in [0.15, 0.2) is 55.1 Å². The fourth-order valence-electron chi connectivity index (χ4n) is 2.97. The van der Waals surface area contributed by atoms with Crippen LogP contribution >= 0.6 is 0 Å². The van der Waals surface area contributed by atoms with E-state index in [4.69, 9.17) is 4.74 Å². The lowest BCUT2D eigenvalue weighted by Gasteiger charge is -2.17. The maximum atomic E-state index is 13.9. The van der Waals surface area contributed by atoms with Gasteiger partial charge in [-0.1, -0.05) is 6.07 Å². The molecule has 1 atom stereocenters. The number of aromatic nitrogens is 4. The standard InChI is InChI=1S/C21H20FN7O2/c1-12(27-20-18-19(24-10-23-18)25-11-26-20)21(30)29-16-7-6-13(22)8-17(16)28-14-4-3-5-15(9-14)31-2/h3-12,28H,1-2H3,(H,29,30)(H2,23,24,25,26,27). The summed E-state index contributed by atoms with van der Waals surface area (Å²) in [5, 5.41) is 8.96. The number of carbonyl (C=O) groups excluding carboxylic acids is 1. The van der Waals surface area contributed by atoms with E-state index >= 15 is 0 Å². The van der Waals surface area contributed by atoms with Crippen molar-refractivity contribution in [2.24, 2.45) is 0 Å². The Hall–Kier alpha value is -4.21. The van der Waals surface area contributed by atoms with Gasteiger partial charge in [-0.05, 0) is 37.3 Å². The summed E-state index contributed by atoms with van der Waals surface area (Å²) in [6, 6.07) is 10.6. The van der Waals surface area contributed by atoms with Crippen molar-refractivity contribution in [1.29, 1.82) is 0 Å². The molecule has 158 valence electrons. The first-order chi connectivity index (χ1) is 15.0. The molecule has 2 aromatic carbocycles. The van der Waals surface area contributed by atoms with E-state index in [1.54, 1.807) is 26.2 Å². The van der Waals surface area contributed by atoms with Gasteiger partial charge in [-0.25, -0.2) is 19.3 Å². The van der Waals surface area contributed by atoms with E-state index in [1.165, 1.54) is 30.9 Å². The van der Waals surface area contributed by atoms with E-state index in [2.05, 4.69) is 35.9 Å². The molecule has 0 aliphatic carbocycles. The normalized spacial score (nSPS) is 11.7. The number of imidazole rings is 1. The topological polar surface area (TPSA) is 117 Å². The second kappa shape index (κ2) is 8.66. The summed E-state index contributed by atoms with van der Waals surface area (Å²) in [4.78, 5) is 28.1. The summed E-state index contributed by atoms with van der Waals surface area (Å²) in [6.07, 6.45) is 2.88. The van der Waals surface area contributed by atoms with Gasteiger partial charge in [0.05, 0.1) is 24.8 Å². The molecular formula is C21H20FN7O2. The molecule has 10 heteroatoms. The quantitative estimate of drug-likeness (QED) is 0.360. The number of aromatic amines is 1. The molecule has 2 aromatic heterocycles. The van der Waals surface area contributed by atoms with Crippen molar-refractivity contribution in [1.82, 2.24) is 19.9 Å². The van der Waals surface area contributed by atoms with Crippen LogP contribution in [0, 0.1) is 5.82 Å². The fourth-order valence-corrected chi connectivity index (χ4v) is 2.97. The third kappa shape index (κ3) is 4.53. The van der Waals surface area contributed by atoms with Crippen LogP contribution < -0.4 is 20.7 Å². The highest BCUT2D eigenvalue weighted by Gasteiger charge is 2.17. The molecule has 0 aliphatic heterocycles. The maximum absolute atomic E-state index is 13.9. The fraction of sp³-hybridized carbons (Fsp3) is 0.143. The second-order valence-corrected chi connectivity index (χ2v) is 6.72. The van der Waals surface area contributed by atoms with Crippen LogP contribution in [-0.4, -0.2) is 39.0 Å². The summed E-state index contributed by atoms with van der Waals surface area (Å²) in [6.45, 7) is 1.69. The molecule has 4 N–H and O–H groups in total. The molecule has 0 spiro atoms. The number of methoxy groups -OCH3 is 1. The Morgan fingerprint density at radius 3 is 2.84 bits per heavy atom. The van der Waals surface area contributed by atoms with Gasteiger partial charge in [0.1, 0.15) is 29.5 Å². The number of halogens is 1. The number of hydrogen-bond acceptors (Lipinski definition) is 7. The molecule has 0 saturated heterocycles. The van der Waals surface area contributed by atoms with Crippen LogP contribution in [0.2, 0.25) is 0 Å². The number of amides is 1. The van der Waals surface area contributed by atoms with Gasteiger partial charge in [0, 0.05) is 11.8 Å². The van der Waals surface area contributed by atoms with E-state index < -0.39 is 11.9 Å². The number of carbonyl (C=O) groups is 1. The monoisotopic (exact) mass is 421 g/mol. The van der Waals surface area contributed by atoms with E-state index in [9.17, 15) is 9.18 Å². The third-order valence-corrected chi connectivity index (χ3v) is 4.55. The van der Waals surface area contributed by atoms with Gasteiger partial charge in [-0.2, -0.15) is 0 Å². The molecule has 0 saturated carbocycles. The zero-order chi connectivity index (χ0) is 21.8. The molecule has 4 rings (SSSR count). The number of ether oxygens (including phenoxy) is 1. The lowest BCUT2D eigenvalue weighted by atomic mass is 10.2. The van der Waals surface area contributed by atoms with Crippen LogP contribution in [0.1, 0.15) is 6.92 Å². The largest absolute Gasteiger partial charge is 0.497 e. The minimum Gasteiger partial charge on any atom is -0.497 e. The Morgan fingerprint density at radius 1 is 1.13 bits per heavy atom. The Kier molecular flexibility index (Phi) is 5.61. The second-order valence-electron chi connectivity index (χ2n) is 6.72. The van der Waals surface area contributed by atoms with Gasteiger partial charge in [0.15, 0.2) is 11.5 Å². The predicted octanol–water partition coefficient (Wildman–Crippen LogP) is 3.68. The van der Waals surface area contributed by atoms with Crippen molar-refractivity contribution in [2.45, 2.75) is 13.0 Å². The number of hydrogen-bond donors (Lipinski definition) is 4. The average Bonchev–Trinajstić information content (AvgIpc) is 3.25. The lowest BCUT2D eigenvalue weighted by Crippen LogP contribution is -2.32. The summed E-state index contributed by atoms with van der Waals surface area (Å²) in [5.41, 5.74) is 2.62. The molecule has 0 radical (unpaired) electrons. The minimum absolute atomic E-state index is 0.331. The zero-order valence-electron chi connectivity index (χ0n) is 16.8. The average molecular weight is 421 g/mol. The summed E-state index contributed by atoms with van der Waals surface area (Å²) < 4.78 is 19.1. The molecule has 1 amide bonds. The molecule has 31 heavy (non-hydrogen) atoms. The van der Waals surface area contributed by atoms with Gasteiger partial charge in [-0.15, -0.1) is 0 Å². The highest BCUT2D eigenvalue weighted by molar-refractivity contribution is 6.00. The van der Waals surface area contributed by atoms with Crippen molar-refractivity contribution in [3.05, 3.63) is 60.9 Å². The summed E-state index contributed by atoms with van der Waals surface area (Å²) in [5.74, 6) is 0.321. The number of rotatable bonds is 7. The van der Waals surface area contributed by atoms with Crippen molar-refractivity contribution in [3.8, 4) is 5.75 Å². The van der Waals surface area contributed by atoms with E-state index in [0.717, 1.165) is 0 Å². The molecule has 0 bridgehead atoms. The van der Waals surface area contributed by atoms with E-state index in [0.29, 0.717) is 39.8 Å². The Morgan fingerprint density at radius 2 is 2.00 bits per heavy atom. The predicted molar refractivity (Wildman–Crippen MR) is 116 cm³/mol. The van der Waals surface area contributed by atoms with Gasteiger partial charge >= 0.3 is 0 Å². The van der Waals surface area contributed by atoms with Crippen molar-refractivity contribution in [2.75, 3.05) is 23.1 Å². The van der Waals surface area contributed by atoms with E-state index in [-0.39, 0.29) is 5.91 Å². The molecular weight excluding hydrogens is 401 g/mol. The first-order valence-corrected chi connectivity index (χ1v) is 9.45. The van der Waals surface area contributed by atoms with Crippen molar-refractivity contribution < 1.29 is 13.9 Å². The molecule has 4 aromatic rings. The van der Waals surface area contributed by atoms with Gasteiger partial charge in [-0.3, -0.25) is 4.79 Å². The van der Waals surface area contributed by atoms with Gasteiger partial charge in [0.2, 0.25) is 5.91 Å². The maximum Gasteiger partial charge on any atom is 0.246 e. The zero-order valence-corrected chi connectivity index (χ0v) is 16.8. The van der Waals surface area contributed by atoms with Crippen LogP contribution in [-0.2, 0) is 4.79 Å². The third-order valence-electron chi connectivity index (χ3n) is 4.55. The molecule has 1 unspecified atom stereocenters. The highest BCUT2D eigenvalue weighted by Crippen LogP contribution is 2.28. The first-order valence-electron chi connectivity index (χ1n) is 9.45. The Balaban J connectivity index is 1.51. The number of H-pyrrole nitrogens is 1. The van der Waals surface area contributed by atoms with Crippen LogP contribution in [0.3, 0.4) is 0 Å². The number of benzene rings is 2. The van der Waals surface area contributed by atoms with Gasteiger partial charge < -0.3 is 25.7 Å². The van der Waals surface area contributed by atoms with Crippen LogP contribution in [0.4, 0.5) is 27.3 Å². The number of fused-ring (bicyclic) bond motifs is 1. The summed E-state index contributed by atoms with van der Waals surface area (Å²) >= 11 is 0. The number of anilines is 4. The smallest absolute Gasteiger partial charge is 0.246 e. The van der Waals surface area contributed by atoms with Gasteiger partial charge in [0.25, 0.3) is 0 Å². The molecule has 0 fully saturated rings. The molecule has 0 aliphatic rings. The Bertz CT molecular complexity index is 1230. The number of nitrogens with one attached hydrogen (secondary N) is 4. The summed E-state index contributed by atoms with van der Waals surface area (Å²) in [7, 11) is 1.57. The highest BCUT2D eigenvalue weighted by atomic mass is 19.1. The molecule has 2 heterocycles. The number of nitrogens with zero attached hydrogens (tertiary/aromatic N) is 3. The SMILES string of the molecule is COc1cccc(Nc2cc(F)ccc2NC(=O)C(C)Nc2ncnc3[nH]cnc23)c1. The lowest BCUT2D eigenvalue weighted by molar-refractivity contribution is -0.116. The molecule has 9 nitrogen and oxygen atoms in total. The minimum atomic E-state index is -0.649.